The maximum Gasteiger partial charge on any atom is 0.0313 e. The van der Waals surface area contributed by atoms with E-state index in [1.807, 2.05) is 12.4 Å². The molecule has 0 aliphatic carbocycles. The third-order valence-corrected chi connectivity index (χ3v) is 4.04. The molecule has 3 nitrogen and oxygen atoms in total. The van der Waals surface area contributed by atoms with Gasteiger partial charge in [0, 0.05) is 31.5 Å². The molecule has 2 unspecified atom stereocenters. The third kappa shape index (κ3) is 3.53. The molecule has 2 atom stereocenters. The lowest BCUT2D eigenvalue weighted by Gasteiger charge is -2.35. The lowest BCUT2D eigenvalue weighted by atomic mass is 9.91. The topological polar surface area (TPSA) is 28.2 Å². The minimum atomic E-state index is 0.614. The Morgan fingerprint density at radius 3 is 3.06 bits per heavy atom. The fourth-order valence-corrected chi connectivity index (χ4v) is 2.84. The third-order valence-electron chi connectivity index (χ3n) is 4.04. The van der Waals surface area contributed by atoms with Crippen molar-refractivity contribution in [2.45, 2.75) is 39.3 Å². The van der Waals surface area contributed by atoms with Crippen LogP contribution in [0.3, 0.4) is 0 Å². The van der Waals surface area contributed by atoms with E-state index in [9.17, 15) is 0 Å². The van der Waals surface area contributed by atoms with E-state index in [0.29, 0.717) is 6.04 Å². The van der Waals surface area contributed by atoms with Crippen molar-refractivity contribution in [1.29, 1.82) is 0 Å². The first-order valence-corrected chi connectivity index (χ1v) is 6.99. The van der Waals surface area contributed by atoms with Crippen LogP contribution in [0.4, 0.5) is 0 Å². The van der Waals surface area contributed by atoms with Crippen molar-refractivity contribution in [2.75, 3.05) is 20.1 Å². The fourth-order valence-electron chi connectivity index (χ4n) is 2.84. The Morgan fingerprint density at radius 2 is 2.33 bits per heavy atom. The second kappa shape index (κ2) is 6.30. The van der Waals surface area contributed by atoms with Crippen LogP contribution in [0.15, 0.2) is 18.5 Å². The van der Waals surface area contributed by atoms with E-state index in [-0.39, 0.29) is 0 Å². The first kappa shape index (κ1) is 13.5. The molecule has 0 radical (unpaired) electrons. The van der Waals surface area contributed by atoms with Crippen molar-refractivity contribution < 1.29 is 0 Å². The zero-order valence-electron chi connectivity index (χ0n) is 11.8. The molecule has 1 fully saturated rings. The van der Waals surface area contributed by atoms with Gasteiger partial charge in [0.15, 0.2) is 0 Å². The standard InChI is InChI=1S/C15H25N3/c1-12-7-14(9-17-8-12)10-18-6-4-5-15(11-18)13(2)16-3/h7-9,13,15-16H,4-6,10-11H2,1-3H3. The number of pyridine rings is 1. The number of hydrogen-bond acceptors (Lipinski definition) is 3. The van der Waals surface area contributed by atoms with Gasteiger partial charge in [-0.1, -0.05) is 6.07 Å². The van der Waals surface area contributed by atoms with E-state index in [1.54, 1.807) is 0 Å². The number of hydrogen-bond donors (Lipinski definition) is 1. The summed E-state index contributed by atoms with van der Waals surface area (Å²) < 4.78 is 0. The second-order valence-electron chi connectivity index (χ2n) is 5.59. The molecule has 1 aliphatic rings. The molecule has 0 amide bonds. The quantitative estimate of drug-likeness (QED) is 0.884. The van der Waals surface area contributed by atoms with Gasteiger partial charge in [-0.25, -0.2) is 0 Å². The highest BCUT2D eigenvalue weighted by Gasteiger charge is 2.23. The zero-order chi connectivity index (χ0) is 13.0. The van der Waals surface area contributed by atoms with Crippen molar-refractivity contribution in [3.8, 4) is 0 Å². The summed E-state index contributed by atoms with van der Waals surface area (Å²) >= 11 is 0. The van der Waals surface area contributed by atoms with Crippen molar-refractivity contribution in [2.24, 2.45) is 5.92 Å². The van der Waals surface area contributed by atoms with Gasteiger partial charge in [-0.2, -0.15) is 0 Å². The molecule has 1 aromatic heterocycles. The normalized spacial score (nSPS) is 22.9. The summed E-state index contributed by atoms with van der Waals surface area (Å²) in [5.41, 5.74) is 2.59. The smallest absolute Gasteiger partial charge is 0.0313 e. The van der Waals surface area contributed by atoms with Gasteiger partial charge >= 0.3 is 0 Å². The second-order valence-corrected chi connectivity index (χ2v) is 5.59. The van der Waals surface area contributed by atoms with Crippen LogP contribution in [-0.2, 0) is 6.54 Å². The molecule has 100 valence electrons. The molecule has 1 aliphatic heterocycles. The van der Waals surface area contributed by atoms with Crippen molar-refractivity contribution in [3.63, 3.8) is 0 Å². The van der Waals surface area contributed by atoms with Gasteiger partial charge in [0.1, 0.15) is 0 Å². The molecular formula is C15H25N3. The first-order valence-electron chi connectivity index (χ1n) is 6.99. The number of piperidine rings is 1. The summed E-state index contributed by atoms with van der Waals surface area (Å²) in [5, 5.41) is 3.39. The van der Waals surface area contributed by atoms with Gasteiger partial charge in [-0.15, -0.1) is 0 Å². The molecular weight excluding hydrogens is 222 g/mol. The zero-order valence-corrected chi connectivity index (χ0v) is 11.8. The molecule has 0 saturated carbocycles. The maximum atomic E-state index is 4.28. The Balaban J connectivity index is 1.93. The average Bonchev–Trinajstić information content (AvgIpc) is 2.38. The van der Waals surface area contributed by atoms with E-state index >= 15 is 0 Å². The molecule has 0 aromatic carbocycles. The number of likely N-dealkylation sites (tertiary alicyclic amines) is 1. The van der Waals surface area contributed by atoms with Crippen molar-refractivity contribution in [3.05, 3.63) is 29.6 Å². The van der Waals surface area contributed by atoms with Crippen LogP contribution in [0.5, 0.6) is 0 Å². The van der Waals surface area contributed by atoms with E-state index in [1.165, 1.54) is 37.1 Å². The summed E-state index contributed by atoms with van der Waals surface area (Å²) in [5.74, 6) is 0.779. The van der Waals surface area contributed by atoms with Crippen LogP contribution in [0.25, 0.3) is 0 Å². The van der Waals surface area contributed by atoms with Crippen LogP contribution in [-0.4, -0.2) is 36.1 Å². The molecule has 3 heteroatoms. The Morgan fingerprint density at radius 1 is 1.50 bits per heavy atom. The van der Waals surface area contributed by atoms with Crippen molar-refractivity contribution in [1.82, 2.24) is 15.2 Å². The highest BCUT2D eigenvalue weighted by Crippen LogP contribution is 2.21. The van der Waals surface area contributed by atoms with E-state index in [0.717, 1.165) is 12.5 Å². The van der Waals surface area contributed by atoms with Gasteiger partial charge in [-0.3, -0.25) is 9.88 Å². The molecule has 2 rings (SSSR count). The van der Waals surface area contributed by atoms with Gasteiger partial charge in [0.05, 0.1) is 0 Å². The van der Waals surface area contributed by atoms with Crippen LogP contribution in [0.1, 0.15) is 30.9 Å². The number of nitrogens with zero attached hydrogens (tertiary/aromatic N) is 2. The molecule has 18 heavy (non-hydrogen) atoms. The van der Waals surface area contributed by atoms with E-state index < -0.39 is 0 Å². The Labute approximate surface area is 111 Å². The summed E-state index contributed by atoms with van der Waals surface area (Å²) in [6, 6.07) is 2.86. The first-order chi connectivity index (χ1) is 8.69. The number of aromatic nitrogens is 1. The van der Waals surface area contributed by atoms with Gasteiger partial charge in [0.25, 0.3) is 0 Å². The molecule has 0 bridgehead atoms. The van der Waals surface area contributed by atoms with Crippen LogP contribution in [0.2, 0.25) is 0 Å². The van der Waals surface area contributed by atoms with Crippen LogP contribution < -0.4 is 5.32 Å². The van der Waals surface area contributed by atoms with Gasteiger partial charge in [0.2, 0.25) is 0 Å². The average molecular weight is 247 g/mol. The molecule has 1 saturated heterocycles. The largest absolute Gasteiger partial charge is 0.317 e. The molecule has 1 N–H and O–H groups in total. The highest BCUT2D eigenvalue weighted by molar-refractivity contribution is 5.16. The summed E-state index contributed by atoms with van der Waals surface area (Å²) in [6.07, 6.45) is 6.59. The summed E-state index contributed by atoms with van der Waals surface area (Å²) in [4.78, 5) is 6.85. The minimum Gasteiger partial charge on any atom is -0.317 e. The minimum absolute atomic E-state index is 0.614. The predicted molar refractivity (Wildman–Crippen MR) is 75.5 cm³/mol. The van der Waals surface area contributed by atoms with Crippen molar-refractivity contribution >= 4 is 0 Å². The van der Waals surface area contributed by atoms with Crippen LogP contribution >= 0.6 is 0 Å². The Kier molecular flexibility index (Phi) is 4.72. The molecule has 1 aromatic rings. The van der Waals surface area contributed by atoms with Gasteiger partial charge < -0.3 is 5.32 Å². The fraction of sp³-hybridized carbons (Fsp3) is 0.667. The number of aryl methyl sites for hydroxylation is 1. The lowest BCUT2D eigenvalue weighted by molar-refractivity contribution is 0.147. The Bertz CT molecular complexity index is 378. The highest BCUT2D eigenvalue weighted by atomic mass is 15.1. The monoisotopic (exact) mass is 247 g/mol. The Hall–Kier alpha value is -0.930. The molecule has 2 heterocycles. The number of nitrogens with one attached hydrogen (secondary N) is 1. The SMILES string of the molecule is CNC(C)C1CCCN(Cc2cncc(C)c2)C1. The van der Waals surface area contributed by atoms with Gasteiger partial charge in [-0.05, 0) is 57.3 Å². The maximum absolute atomic E-state index is 4.28. The molecule has 0 spiro atoms. The predicted octanol–water partition coefficient (Wildman–Crippen LogP) is 2.21. The summed E-state index contributed by atoms with van der Waals surface area (Å²) in [7, 11) is 2.06. The number of rotatable bonds is 4. The summed E-state index contributed by atoms with van der Waals surface area (Å²) in [6.45, 7) is 7.87. The van der Waals surface area contributed by atoms with E-state index in [2.05, 4.69) is 42.2 Å². The van der Waals surface area contributed by atoms with Crippen LogP contribution in [0, 0.1) is 12.8 Å². The lowest BCUT2D eigenvalue weighted by Crippen LogP contribution is -2.43. The van der Waals surface area contributed by atoms with E-state index in [4.69, 9.17) is 0 Å².